The summed E-state index contributed by atoms with van der Waals surface area (Å²) >= 11 is 0. The van der Waals surface area contributed by atoms with Gasteiger partial charge in [0.1, 0.15) is 5.69 Å². The second-order valence-corrected chi connectivity index (χ2v) is 5.84. The molecule has 0 aromatic carbocycles. The van der Waals surface area contributed by atoms with Crippen LogP contribution in [0.5, 0.6) is 5.88 Å². The molecule has 1 unspecified atom stereocenters. The molecule has 1 aromatic heterocycles. The summed E-state index contributed by atoms with van der Waals surface area (Å²) in [7, 11) is 3.91. The molecule has 0 radical (unpaired) electrons. The SMILES string of the molecule is CN(C)C(CNC(=O)c1cccc(OCC(F)(F)F)n1)C1CC1. The second-order valence-electron chi connectivity index (χ2n) is 5.84. The van der Waals surface area contributed by atoms with Gasteiger partial charge in [-0.15, -0.1) is 0 Å². The van der Waals surface area contributed by atoms with E-state index in [1.54, 1.807) is 0 Å². The lowest BCUT2D eigenvalue weighted by Gasteiger charge is -2.24. The molecule has 5 nitrogen and oxygen atoms in total. The molecule has 23 heavy (non-hydrogen) atoms. The fourth-order valence-electron chi connectivity index (χ4n) is 2.32. The van der Waals surface area contributed by atoms with Gasteiger partial charge in [0.15, 0.2) is 6.61 Å². The third kappa shape index (κ3) is 5.70. The van der Waals surface area contributed by atoms with Crippen molar-refractivity contribution in [2.75, 3.05) is 27.2 Å². The molecule has 0 saturated heterocycles. The topological polar surface area (TPSA) is 54.5 Å². The van der Waals surface area contributed by atoms with E-state index in [4.69, 9.17) is 0 Å². The molecule has 1 fully saturated rings. The normalized spacial score (nSPS) is 16.3. The zero-order valence-corrected chi connectivity index (χ0v) is 13.1. The summed E-state index contributed by atoms with van der Waals surface area (Å²) in [5, 5.41) is 2.78. The van der Waals surface area contributed by atoms with Gasteiger partial charge in [0.2, 0.25) is 5.88 Å². The highest BCUT2D eigenvalue weighted by Crippen LogP contribution is 2.34. The number of halogens is 3. The van der Waals surface area contributed by atoms with Crippen molar-refractivity contribution >= 4 is 5.91 Å². The van der Waals surface area contributed by atoms with Crippen molar-refractivity contribution in [3.8, 4) is 5.88 Å². The van der Waals surface area contributed by atoms with Gasteiger partial charge >= 0.3 is 6.18 Å². The Balaban J connectivity index is 1.91. The number of nitrogens with zero attached hydrogens (tertiary/aromatic N) is 2. The van der Waals surface area contributed by atoms with Crippen LogP contribution in [0.3, 0.4) is 0 Å². The molecular formula is C15H20F3N3O2. The monoisotopic (exact) mass is 331 g/mol. The van der Waals surface area contributed by atoms with Crippen LogP contribution in [0.1, 0.15) is 23.3 Å². The quantitative estimate of drug-likeness (QED) is 0.831. The number of carbonyl (C=O) groups is 1. The van der Waals surface area contributed by atoms with Gasteiger partial charge in [0.05, 0.1) is 0 Å². The van der Waals surface area contributed by atoms with Gasteiger partial charge in [0, 0.05) is 18.7 Å². The predicted octanol–water partition coefficient (Wildman–Crippen LogP) is 2.09. The molecule has 0 bridgehead atoms. The number of hydrogen-bond donors (Lipinski definition) is 1. The summed E-state index contributed by atoms with van der Waals surface area (Å²) in [4.78, 5) is 18.0. The van der Waals surface area contributed by atoms with E-state index in [2.05, 4.69) is 19.9 Å². The molecule has 1 aliphatic rings. The number of pyridine rings is 1. The zero-order chi connectivity index (χ0) is 17.0. The molecule has 1 atom stereocenters. The van der Waals surface area contributed by atoms with Crippen LogP contribution in [-0.4, -0.2) is 55.3 Å². The Morgan fingerprint density at radius 1 is 1.43 bits per heavy atom. The fraction of sp³-hybridized carbons (Fsp3) is 0.600. The van der Waals surface area contributed by atoms with Gasteiger partial charge in [-0.05, 0) is 38.9 Å². The standard InChI is InChI=1S/C15H20F3N3O2/c1-21(2)12(10-6-7-10)8-19-14(22)11-4-3-5-13(20-11)23-9-15(16,17)18/h3-5,10,12H,6-9H2,1-2H3,(H,19,22). The predicted molar refractivity (Wildman–Crippen MR) is 78.3 cm³/mol. The summed E-state index contributed by atoms with van der Waals surface area (Å²) in [6.07, 6.45) is -2.14. The van der Waals surface area contributed by atoms with E-state index >= 15 is 0 Å². The maximum Gasteiger partial charge on any atom is 0.422 e. The Labute approximate surface area is 132 Å². The van der Waals surface area contributed by atoms with Gasteiger partial charge < -0.3 is 15.0 Å². The smallest absolute Gasteiger partial charge is 0.422 e. The molecule has 1 N–H and O–H groups in total. The van der Waals surface area contributed by atoms with Crippen molar-refractivity contribution in [3.63, 3.8) is 0 Å². The first kappa shape index (κ1) is 17.5. The average molecular weight is 331 g/mol. The van der Waals surface area contributed by atoms with Gasteiger partial charge in [-0.3, -0.25) is 4.79 Å². The van der Waals surface area contributed by atoms with Gasteiger partial charge in [-0.1, -0.05) is 6.07 Å². The van der Waals surface area contributed by atoms with E-state index in [0.29, 0.717) is 12.5 Å². The Morgan fingerprint density at radius 2 is 2.13 bits per heavy atom. The van der Waals surface area contributed by atoms with Crippen molar-refractivity contribution in [2.45, 2.75) is 25.1 Å². The third-order valence-corrected chi connectivity index (χ3v) is 3.64. The molecule has 2 rings (SSSR count). The fourth-order valence-corrected chi connectivity index (χ4v) is 2.32. The summed E-state index contributed by atoms with van der Waals surface area (Å²) in [6.45, 7) is -0.957. The van der Waals surface area contributed by atoms with Crippen molar-refractivity contribution in [1.29, 1.82) is 0 Å². The summed E-state index contributed by atoms with van der Waals surface area (Å²) in [5.74, 6) is -0.0593. The van der Waals surface area contributed by atoms with Crippen LogP contribution >= 0.6 is 0 Å². The largest absolute Gasteiger partial charge is 0.468 e. The minimum absolute atomic E-state index is 0.0398. The average Bonchev–Trinajstić information content (AvgIpc) is 3.29. The third-order valence-electron chi connectivity index (χ3n) is 3.64. The number of amides is 1. The lowest BCUT2D eigenvalue weighted by molar-refractivity contribution is -0.154. The molecule has 1 aromatic rings. The van der Waals surface area contributed by atoms with E-state index in [9.17, 15) is 18.0 Å². The minimum Gasteiger partial charge on any atom is -0.468 e. The highest BCUT2D eigenvalue weighted by atomic mass is 19.4. The number of nitrogens with one attached hydrogen (secondary N) is 1. The first-order valence-corrected chi connectivity index (χ1v) is 7.37. The van der Waals surface area contributed by atoms with Crippen LogP contribution in [0.4, 0.5) is 13.2 Å². The number of alkyl halides is 3. The molecule has 8 heteroatoms. The number of carbonyl (C=O) groups excluding carboxylic acids is 1. The van der Waals surface area contributed by atoms with E-state index in [0.717, 1.165) is 12.8 Å². The maximum atomic E-state index is 12.1. The second kappa shape index (κ2) is 7.16. The Hall–Kier alpha value is -1.83. The number of ether oxygens (including phenoxy) is 1. The van der Waals surface area contributed by atoms with Crippen LogP contribution in [0.15, 0.2) is 18.2 Å². The van der Waals surface area contributed by atoms with Crippen molar-refractivity contribution in [2.24, 2.45) is 5.92 Å². The van der Waals surface area contributed by atoms with Gasteiger partial charge in [0.25, 0.3) is 5.91 Å². The van der Waals surface area contributed by atoms with Crippen LogP contribution < -0.4 is 10.1 Å². The molecule has 0 aliphatic heterocycles. The Morgan fingerprint density at radius 3 is 2.70 bits per heavy atom. The van der Waals surface area contributed by atoms with Crippen LogP contribution in [0.2, 0.25) is 0 Å². The van der Waals surface area contributed by atoms with Crippen LogP contribution in [0.25, 0.3) is 0 Å². The minimum atomic E-state index is -4.44. The first-order chi connectivity index (χ1) is 10.8. The number of aromatic nitrogens is 1. The molecular weight excluding hydrogens is 311 g/mol. The van der Waals surface area contributed by atoms with E-state index in [1.165, 1.54) is 18.2 Å². The molecule has 1 aliphatic carbocycles. The summed E-state index contributed by atoms with van der Waals surface area (Å²) in [5.41, 5.74) is 0.0398. The van der Waals surface area contributed by atoms with Crippen molar-refractivity contribution in [1.82, 2.24) is 15.2 Å². The number of rotatable bonds is 7. The van der Waals surface area contributed by atoms with Gasteiger partial charge in [-0.2, -0.15) is 13.2 Å². The lowest BCUT2D eigenvalue weighted by Crippen LogP contribution is -2.41. The van der Waals surface area contributed by atoms with Crippen LogP contribution in [0, 0.1) is 5.92 Å². The molecule has 128 valence electrons. The van der Waals surface area contributed by atoms with Crippen molar-refractivity contribution in [3.05, 3.63) is 23.9 Å². The van der Waals surface area contributed by atoms with E-state index < -0.39 is 18.7 Å². The maximum absolute atomic E-state index is 12.1. The van der Waals surface area contributed by atoms with Gasteiger partial charge in [-0.25, -0.2) is 4.98 Å². The summed E-state index contributed by atoms with van der Waals surface area (Å²) in [6, 6.07) is 4.42. The molecule has 1 saturated carbocycles. The number of hydrogen-bond acceptors (Lipinski definition) is 4. The molecule has 0 spiro atoms. The van der Waals surface area contributed by atoms with Crippen molar-refractivity contribution < 1.29 is 22.7 Å². The molecule has 1 amide bonds. The highest BCUT2D eigenvalue weighted by molar-refractivity contribution is 5.92. The zero-order valence-electron chi connectivity index (χ0n) is 13.1. The molecule has 1 heterocycles. The van der Waals surface area contributed by atoms with Crippen LogP contribution in [-0.2, 0) is 0 Å². The first-order valence-electron chi connectivity index (χ1n) is 7.37. The lowest BCUT2D eigenvalue weighted by atomic mass is 10.1. The number of likely N-dealkylation sites (N-methyl/N-ethyl adjacent to an activating group) is 1. The highest BCUT2D eigenvalue weighted by Gasteiger charge is 2.33. The van der Waals surface area contributed by atoms with E-state index in [1.807, 2.05) is 14.1 Å². The Bertz CT molecular complexity index is 543. The van der Waals surface area contributed by atoms with E-state index in [-0.39, 0.29) is 17.6 Å². The Kier molecular flexibility index (Phi) is 5.46. The summed E-state index contributed by atoms with van der Waals surface area (Å²) < 4.78 is 40.9.